The van der Waals surface area contributed by atoms with Crippen LogP contribution in [0.3, 0.4) is 0 Å². The fraction of sp³-hybridized carbons (Fsp3) is 0.636. The molecule has 0 aromatic carbocycles. The topological polar surface area (TPSA) is 47.5 Å². The fourth-order valence-electron chi connectivity index (χ4n) is 2.28. The Kier molecular flexibility index (Phi) is 2.90. The van der Waals surface area contributed by atoms with Crippen molar-refractivity contribution in [3.63, 3.8) is 0 Å². The Bertz CT molecular complexity index is 441. The Morgan fingerprint density at radius 1 is 1.29 bits per heavy atom. The predicted molar refractivity (Wildman–Crippen MR) is 63.2 cm³/mol. The Balaban J connectivity index is 2.01. The number of nitrogens with zero attached hydrogens (tertiary/aromatic N) is 3. The largest absolute Gasteiger partial charge is 0.377 e. The third-order valence-corrected chi connectivity index (χ3v) is 3.34. The van der Waals surface area contributed by atoms with E-state index in [9.17, 15) is 0 Å². The molecule has 0 N–H and O–H groups in total. The van der Waals surface area contributed by atoms with Gasteiger partial charge in [0.2, 0.25) is 5.28 Å². The van der Waals surface area contributed by atoms with Crippen molar-refractivity contribution in [3.8, 4) is 0 Å². The number of anilines is 1. The molecule has 92 valence electrons. The number of halogens is 1. The van der Waals surface area contributed by atoms with Gasteiger partial charge < -0.3 is 14.4 Å². The van der Waals surface area contributed by atoms with Gasteiger partial charge in [0.25, 0.3) is 0 Å². The smallest absolute Gasteiger partial charge is 0.224 e. The third-order valence-electron chi connectivity index (χ3n) is 3.17. The summed E-state index contributed by atoms with van der Waals surface area (Å²) in [7, 11) is 0. The summed E-state index contributed by atoms with van der Waals surface area (Å²) in [6.07, 6.45) is 0. The minimum atomic E-state index is 0.294. The minimum absolute atomic E-state index is 0.294. The van der Waals surface area contributed by atoms with Gasteiger partial charge in [0, 0.05) is 12.1 Å². The molecular weight excluding hydrogens is 242 g/mol. The molecule has 17 heavy (non-hydrogen) atoms. The first-order chi connectivity index (χ1) is 8.25. The molecule has 5 nitrogen and oxygen atoms in total. The van der Waals surface area contributed by atoms with E-state index in [1.54, 1.807) is 0 Å². The zero-order valence-corrected chi connectivity index (χ0v) is 10.4. The van der Waals surface area contributed by atoms with E-state index in [0.717, 1.165) is 36.8 Å². The zero-order valence-electron chi connectivity index (χ0n) is 9.65. The van der Waals surface area contributed by atoms with E-state index in [4.69, 9.17) is 21.1 Å². The van der Waals surface area contributed by atoms with Gasteiger partial charge >= 0.3 is 0 Å². The van der Waals surface area contributed by atoms with Crippen LogP contribution in [0, 0.1) is 0 Å². The Morgan fingerprint density at radius 2 is 2.18 bits per heavy atom. The van der Waals surface area contributed by atoms with Crippen LogP contribution in [-0.2, 0) is 22.7 Å². The fourth-order valence-corrected chi connectivity index (χ4v) is 2.47. The molecule has 3 rings (SSSR count). The van der Waals surface area contributed by atoms with Gasteiger partial charge in [-0.05, 0) is 18.5 Å². The summed E-state index contributed by atoms with van der Waals surface area (Å²) in [5, 5.41) is 0.294. The first kappa shape index (κ1) is 11.2. The molecule has 0 saturated carbocycles. The van der Waals surface area contributed by atoms with Gasteiger partial charge in [0.1, 0.15) is 5.82 Å². The highest BCUT2D eigenvalue weighted by molar-refractivity contribution is 6.28. The van der Waals surface area contributed by atoms with Crippen LogP contribution < -0.4 is 4.90 Å². The highest BCUT2D eigenvalue weighted by atomic mass is 35.5. The summed E-state index contributed by atoms with van der Waals surface area (Å²) in [5.74, 6) is 0.910. The normalized spacial score (nSPS) is 23.9. The second kappa shape index (κ2) is 4.40. The molecule has 3 heterocycles. The van der Waals surface area contributed by atoms with Gasteiger partial charge in [-0.15, -0.1) is 0 Å². The molecule has 0 aliphatic carbocycles. The average molecular weight is 256 g/mol. The van der Waals surface area contributed by atoms with Gasteiger partial charge in [-0.25, -0.2) is 9.97 Å². The van der Waals surface area contributed by atoms with Crippen LogP contribution in [0.25, 0.3) is 0 Å². The first-order valence-electron chi connectivity index (χ1n) is 5.73. The van der Waals surface area contributed by atoms with Crippen LogP contribution in [0.4, 0.5) is 5.82 Å². The van der Waals surface area contributed by atoms with E-state index in [0.29, 0.717) is 24.5 Å². The summed E-state index contributed by atoms with van der Waals surface area (Å²) < 4.78 is 10.9. The monoisotopic (exact) mass is 255 g/mol. The molecule has 1 aromatic heterocycles. The van der Waals surface area contributed by atoms with Crippen molar-refractivity contribution >= 4 is 17.4 Å². The van der Waals surface area contributed by atoms with Gasteiger partial charge in [-0.1, -0.05) is 0 Å². The molecule has 1 atom stereocenters. The van der Waals surface area contributed by atoms with Crippen molar-refractivity contribution in [2.24, 2.45) is 0 Å². The van der Waals surface area contributed by atoms with E-state index in [-0.39, 0.29) is 0 Å². The first-order valence-corrected chi connectivity index (χ1v) is 6.11. The number of morpholine rings is 1. The molecule has 1 unspecified atom stereocenters. The Labute approximate surface area is 105 Å². The molecule has 0 spiro atoms. The number of ether oxygens (including phenoxy) is 2. The lowest BCUT2D eigenvalue weighted by molar-refractivity contribution is 0.0980. The maximum Gasteiger partial charge on any atom is 0.224 e. The van der Waals surface area contributed by atoms with Crippen LogP contribution >= 0.6 is 11.6 Å². The van der Waals surface area contributed by atoms with Crippen LogP contribution in [0.2, 0.25) is 5.28 Å². The molecule has 1 fully saturated rings. The van der Waals surface area contributed by atoms with Crippen LogP contribution in [0.15, 0.2) is 0 Å². The van der Waals surface area contributed by atoms with Crippen LogP contribution in [-0.4, -0.2) is 35.8 Å². The lowest BCUT2D eigenvalue weighted by atomic mass is 10.2. The molecule has 1 saturated heterocycles. The second-order valence-electron chi connectivity index (χ2n) is 4.35. The maximum atomic E-state index is 5.96. The summed E-state index contributed by atoms with van der Waals surface area (Å²) >= 11 is 5.96. The Morgan fingerprint density at radius 3 is 3.00 bits per heavy atom. The molecule has 6 heteroatoms. The molecule has 2 aliphatic rings. The average Bonchev–Trinajstić information content (AvgIpc) is 2.76. The van der Waals surface area contributed by atoms with Crippen molar-refractivity contribution in [3.05, 3.63) is 16.5 Å². The van der Waals surface area contributed by atoms with E-state index < -0.39 is 0 Å². The van der Waals surface area contributed by atoms with E-state index in [1.165, 1.54) is 0 Å². The van der Waals surface area contributed by atoms with Gasteiger partial charge in [0.15, 0.2) is 0 Å². The molecule has 1 aromatic rings. The van der Waals surface area contributed by atoms with Gasteiger partial charge in [-0.3, -0.25) is 0 Å². The van der Waals surface area contributed by atoms with Crippen LogP contribution in [0.1, 0.15) is 18.2 Å². The molecule has 0 amide bonds. The molecular formula is C11H14ClN3O2. The summed E-state index contributed by atoms with van der Waals surface area (Å²) in [6.45, 7) is 5.51. The number of hydrogen-bond donors (Lipinski definition) is 0. The number of aromatic nitrogens is 2. The van der Waals surface area contributed by atoms with E-state index in [1.807, 2.05) is 0 Å². The lowest BCUT2D eigenvalue weighted by Gasteiger charge is -2.35. The Hall–Kier alpha value is -0.910. The number of rotatable bonds is 1. The minimum Gasteiger partial charge on any atom is -0.377 e. The highest BCUT2D eigenvalue weighted by Crippen LogP contribution is 2.30. The maximum absolute atomic E-state index is 5.96. The zero-order chi connectivity index (χ0) is 11.8. The predicted octanol–water partition coefficient (Wildman–Crippen LogP) is 1.39. The summed E-state index contributed by atoms with van der Waals surface area (Å²) in [4.78, 5) is 10.8. The van der Waals surface area contributed by atoms with Gasteiger partial charge in [0.05, 0.1) is 38.2 Å². The van der Waals surface area contributed by atoms with Crippen molar-refractivity contribution < 1.29 is 9.47 Å². The third kappa shape index (κ3) is 1.99. The van der Waals surface area contributed by atoms with Crippen LogP contribution in [0.5, 0.6) is 0 Å². The molecule has 0 bridgehead atoms. The van der Waals surface area contributed by atoms with E-state index in [2.05, 4.69) is 21.8 Å². The second-order valence-corrected chi connectivity index (χ2v) is 4.69. The molecule has 2 aliphatic heterocycles. The summed E-state index contributed by atoms with van der Waals surface area (Å²) in [5.41, 5.74) is 1.99. The SMILES string of the molecule is CC1COCCN1c1nc(Cl)nc2c1COC2. The number of fused-ring (bicyclic) bond motifs is 1. The highest BCUT2D eigenvalue weighted by Gasteiger charge is 2.27. The van der Waals surface area contributed by atoms with Crippen molar-refractivity contribution in [1.82, 2.24) is 9.97 Å². The van der Waals surface area contributed by atoms with Crippen molar-refractivity contribution in [2.75, 3.05) is 24.7 Å². The standard InChI is InChI=1S/C11H14ClN3O2/c1-7-4-16-3-2-15(7)10-8-5-17-6-9(8)13-11(12)14-10/h7H,2-6H2,1H3. The molecule has 0 radical (unpaired) electrons. The number of hydrogen-bond acceptors (Lipinski definition) is 5. The van der Waals surface area contributed by atoms with Crippen molar-refractivity contribution in [2.45, 2.75) is 26.2 Å². The van der Waals surface area contributed by atoms with E-state index >= 15 is 0 Å². The van der Waals surface area contributed by atoms with Gasteiger partial charge in [-0.2, -0.15) is 0 Å². The lowest BCUT2D eigenvalue weighted by Crippen LogP contribution is -2.44. The quantitative estimate of drug-likeness (QED) is 0.710. The van der Waals surface area contributed by atoms with Crippen molar-refractivity contribution in [1.29, 1.82) is 0 Å². The summed E-state index contributed by atoms with van der Waals surface area (Å²) in [6, 6.07) is 0.305.